The number of rotatable bonds is 10. The van der Waals surface area contributed by atoms with Gasteiger partial charge in [0.25, 0.3) is 5.91 Å². The van der Waals surface area contributed by atoms with Gasteiger partial charge < -0.3 is 21.0 Å². The van der Waals surface area contributed by atoms with Crippen molar-refractivity contribution < 1.29 is 4.79 Å². The first-order chi connectivity index (χ1) is 21.2. The summed E-state index contributed by atoms with van der Waals surface area (Å²) in [5.74, 6) is -0.0793. The summed E-state index contributed by atoms with van der Waals surface area (Å²) in [6.45, 7) is 6.28. The topological polar surface area (TPSA) is 108 Å². The number of benzene rings is 3. The number of pyridine rings is 1. The first kappa shape index (κ1) is 30.7. The van der Waals surface area contributed by atoms with Gasteiger partial charge in [-0.1, -0.05) is 61.0 Å². The van der Waals surface area contributed by atoms with E-state index in [0.29, 0.717) is 27.4 Å². The monoisotopic (exact) mass is 608 g/mol. The Morgan fingerprint density at radius 3 is 2.48 bits per heavy atom. The number of aromatic nitrogens is 1. The lowest BCUT2D eigenvalue weighted by Crippen LogP contribution is -2.41. The highest BCUT2D eigenvalue weighted by Crippen LogP contribution is 2.37. The van der Waals surface area contributed by atoms with Crippen molar-refractivity contribution in [3.8, 4) is 6.07 Å². The zero-order valence-corrected chi connectivity index (χ0v) is 26.3. The molecule has 1 aromatic heterocycles. The van der Waals surface area contributed by atoms with Crippen molar-refractivity contribution >= 4 is 39.8 Å². The van der Waals surface area contributed by atoms with Crippen molar-refractivity contribution in [1.29, 1.82) is 5.26 Å². The summed E-state index contributed by atoms with van der Waals surface area (Å²) in [5, 5.41) is 20.5. The molecular weight excluding hydrogens is 572 g/mol. The van der Waals surface area contributed by atoms with Gasteiger partial charge >= 0.3 is 0 Å². The Labute approximate surface area is 263 Å². The van der Waals surface area contributed by atoms with Crippen molar-refractivity contribution in [3.63, 3.8) is 0 Å². The van der Waals surface area contributed by atoms with Crippen molar-refractivity contribution in [2.75, 3.05) is 24.7 Å². The molecule has 2 heterocycles. The Bertz CT molecular complexity index is 1730. The number of fused-ring (bicyclic) bond motifs is 1. The number of amides is 1. The number of anilines is 2. The summed E-state index contributed by atoms with van der Waals surface area (Å²) in [4.78, 5) is 19.0. The first-order valence-electron chi connectivity index (χ1n) is 14.6. The normalized spacial score (nSPS) is 14.0. The zero-order valence-electron chi connectivity index (χ0n) is 25.5. The molecule has 4 N–H and O–H groups in total. The number of halogens is 1. The van der Waals surface area contributed by atoms with Crippen LogP contribution in [0.4, 0.5) is 11.4 Å². The van der Waals surface area contributed by atoms with Crippen LogP contribution in [0.5, 0.6) is 0 Å². The van der Waals surface area contributed by atoms with Gasteiger partial charge in [0.15, 0.2) is 0 Å². The average Bonchev–Trinajstić information content (AvgIpc) is 3.53. The fraction of sp³-hybridized carbons (Fsp3) is 0.265. The number of nitrogens with zero attached hydrogens (tertiary/aromatic N) is 4. The highest BCUT2D eigenvalue weighted by Gasteiger charge is 2.25. The van der Waals surface area contributed by atoms with Crippen LogP contribution in [-0.4, -0.2) is 40.9 Å². The Balaban J connectivity index is 1.60. The molecule has 3 aromatic carbocycles. The molecule has 9 nitrogen and oxygen atoms in total. The molecule has 1 aliphatic heterocycles. The Hall–Kier alpha value is -4.78. The molecule has 0 bridgehead atoms. The van der Waals surface area contributed by atoms with Crippen LogP contribution >= 0.6 is 11.6 Å². The third-order valence-electron chi connectivity index (χ3n) is 7.63. The lowest BCUT2D eigenvalue weighted by atomic mass is 10.00. The van der Waals surface area contributed by atoms with Crippen LogP contribution in [0.2, 0.25) is 5.02 Å². The van der Waals surface area contributed by atoms with Crippen LogP contribution in [0.25, 0.3) is 10.9 Å². The fourth-order valence-corrected chi connectivity index (χ4v) is 5.52. The van der Waals surface area contributed by atoms with E-state index in [2.05, 4.69) is 65.6 Å². The minimum atomic E-state index is -0.370. The molecule has 44 heavy (non-hydrogen) atoms. The van der Waals surface area contributed by atoms with Gasteiger partial charge in [-0.2, -0.15) is 5.26 Å². The van der Waals surface area contributed by atoms with Crippen LogP contribution in [-0.2, 0) is 0 Å². The maximum Gasteiger partial charge on any atom is 0.253 e. The van der Waals surface area contributed by atoms with E-state index < -0.39 is 0 Å². The van der Waals surface area contributed by atoms with Crippen LogP contribution in [0.1, 0.15) is 66.3 Å². The predicted octanol–water partition coefficient (Wildman–Crippen LogP) is 6.75. The lowest BCUT2D eigenvalue weighted by molar-refractivity contribution is 0.0827. The first-order valence-corrected chi connectivity index (χ1v) is 15.0. The molecule has 0 spiro atoms. The fourth-order valence-electron chi connectivity index (χ4n) is 5.25. The molecule has 1 aliphatic rings. The smallest absolute Gasteiger partial charge is 0.253 e. The van der Waals surface area contributed by atoms with Crippen LogP contribution in [0.3, 0.4) is 0 Å². The molecule has 226 valence electrons. The lowest BCUT2D eigenvalue weighted by Gasteiger charge is -2.24. The Morgan fingerprint density at radius 2 is 1.82 bits per heavy atom. The van der Waals surface area contributed by atoms with Gasteiger partial charge in [0.05, 0.1) is 39.6 Å². The summed E-state index contributed by atoms with van der Waals surface area (Å²) in [6, 6.07) is 23.7. The van der Waals surface area contributed by atoms with Crippen molar-refractivity contribution in [1.82, 2.24) is 25.9 Å². The van der Waals surface area contributed by atoms with Gasteiger partial charge in [-0.15, -0.1) is 5.53 Å². The third kappa shape index (κ3) is 6.42. The number of hydrogen-bond donors (Lipinski definition) is 4. The average molecular weight is 609 g/mol. The number of hydrazine groups is 2. The van der Waals surface area contributed by atoms with E-state index in [0.717, 1.165) is 34.3 Å². The number of nitriles is 1. The van der Waals surface area contributed by atoms with E-state index >= 15 is 0 Å². The van der Waals surface area contributed by atoms with E-state index in [4.69, 9.17) is 11.6 Å². The molecule has 5 rings (SSSR count). The second-order valence-electron chi connectivity index (χ2n) is 11.3. The van der Waals surface area contributed by atoms with Crippen LogP contribution < -0.4 is 21.6 Å². The Morgan fingerprint density at radius 1 is 1.07 bits per heavy atom. The molecule has 0 radical (unpaired) electrons. The van der Waals surface area contributed by atoms with Crippen LogP contribution in [0, 0.1) is 11.3 Å². The number of carbonyl (C=O) groups is 1. The van der Waals surface area contributed by atoms with Gasteiger partial charge in [0.1, 0.15) is 6.07 Å². The molecule has 0 saturated carbocycles. The van der Waals surface area contributed by atoms with Gasteiger partial charge in [-0.25, -0.2) is 0 Å². The third-order valence-corrected chi connectivity index (χ3v) is 7.92. The van der Waals surface area contributed by atoms with Crippen molar-refractivity contribution in [3.05, 3.63) is 112 Å². The molecule has 10 heteroatoms. The second kappa shape index (κ2) is 13.2. The van der Waals surface area contributed by atoms with E-state index in [1.54, 1.807) is 25.2 Å². The minimum Gasteiger partial charge on any atom is -0.377 e. The largest absolute Gasteiger partial charge is 0.377 e. The summed E-state index contributed by atoms with van der Waals surface area (Å²) in [5.41, 5.74) is 12.4. The molecular formula is C34H37ClN8O. The van der Waals surface area contributed by atoms with Crippen molar-refractivity contribution in [2.45, 2.75) is 45.3 Å². The highest BCUT2D eigenvalue weighted by molar-refractivity contribution is 6.35. The highest BCUT2D eigenvalue weighted by atomic mass is 35.5. The molecule has 1 amide bonds. The maximum atomic E-state index is 12.8. The molecule has 0 aliphatic carbocycles. The zero-order chi connectivity index (χ0) is 31.4. The molecule has 0 unspecified atom stereocenters. The van der Waals surface area contributed by atoms with E-state index in [1.807, 2.05) is 65.8 Å². The van der Waals surface area contributed by atoms with E-state index in [1.165, 1.54) is 0 Å². The van der Waals surface area contributed by atoms with Crippen molar-refractivity contribution in [2.24, 2.45) is 0 Å². The quantitative estimate of drug-likeness (QED) is 0.157. The Kier molecular flexibility index (Phi) is 9.23. The van der Waals surface area contributed by atoms with Gasteiger partial charge in [-0.05, 0) is 55.7 Å². The van der Waals surface area contributed by atoms with E-state index in [-0.39, 0.29) is 24.0 Å². The second-order valence-corrected chi connectivity index (χ2v) is 11.7. The van der Waals surface area contributed by atoms with Gasteiger partial charge in [-0.3, -0.25) is 14.8 Å². The number of nitrogens with one attached hydrogen (secondary N) is 4. The molecule has 2 atom stereocenters. The standard InChI is InChI=1S/C34H37ClN8O/c1-6-29(22-11-8-7-9-12-22)39-31-25(18-36)19-37-33-27(31)16-26(17-28(33)35)38-32(30-20-43(21(2)3)41-40-30)23-13-10-14-24(15-23)34(44)42(4)5/h7-17,19-21,29,32,38,40-41H,6H2,1-5H3,(H,37,39)/t29-,32+/m1/s1. The van der Waals surface area contributed by atoms with Gasteiger partial charge in [0, 0.05) is 49.2 Å². The summed E-state index contributed by atoms with van der Waals surface area (Å²) in [7, 11) is 3.48. The molecule has 4 aromatic rings. The van der Waals surface area contributed by atoms with Gasteiger partial charge in [0.2, 0.25) is 0 Å². The minimum absolute atomic E-state index is 0.0186. The van der Waals surface area contributed by atoms with E-state index in [9.17, 15) is 10.1 Å². The molecule has 0 fully saturated rings. The number of carbonyl (C=O) groups excluding carboxylic acids is 1. The SMILES string of the molecule is CC[C@@H](Nc1c(C#N)cnc2c(Cl)cc(N[C@H](C3=CN(C(C)C)NN3)c3cccc(C(=O)N(C)C)c3)cc12)c1ccccc1. The number of hydrogen-bond acceptors (Lipinski definition) is 8. The predicted molar refractivity (Wildman–Crippen MR) is 177 cm³/mol. The summed E-state index contributed by atoms with van der Waals surface area (Å²) >= 11 is 6.86. The maximum absolute atomic E-state index is 12.8. The molecule has 0 saturated heterocycles. The van der Waals surface area contributed by atoms with Crippen LogP contribution in [0.15, 0.2) is 84.8 Å². The summed E-state index contributed by atoms with van der Waals surface area (Å²) in [6.07, 6.45) is 4.39. The summed E-state index contributed by atoms with van der Waals surface area (Å²) < 4.78 is 0.